The highest BCUT2D eigenvalue weighted by atomic mass is 32.2. The zero-order chi connectivity index (χ0) is 28.3. The molecule has 7 nitrogen and oxygen atoms in total. The molecule has 0 bridgehead atoms. The number of nitrogens with one attached hydrogen (secondary N) is 1. The molecule has 0 unspecified atom stereocenters. The van der Waals surface area contributed by atoms with E-state index in [0.717, 1.165) is 24.5 Å². The van der Waals surface area contributed by atoms with Crippen molar-refractivity contribution in [3.8, 4) is 16.9 Å². The maximum Gasteiger partial charge on any atom is 0.240 e. The van der Waals surface area contributed by atoms with Gasteiger partial charge in [0.1, 0.15) is 24.0 Å². The van der Waals surface area contributed by atoms with Gasteiger partial charge in [-0.05, 0) is 31.0 Å². The molecular formula is C31H28F2N4O3S. The number of fused-ring (bicyclic) bond motifs is 1. The second kappa shape index (κ2) is 11.8. The van der Waals surface area contributed by atoms with Gasteiger partial charge in [0.25, 0.3) is 0 Å². The van der Waals surface area contributed by atoms with Gasteiger partial charge in [-0.15, -0.1) is 11.8 Å². The molecule has 210 valence electrons. The summed E-state index contributed by atoms with van der Waals surface area (Å²) in [5.41, 5.74) is 2.80. The summed E-state index contributed by atoms with van der Waals surface area (Å²) in [6, 6.07) is 22.2. The topological polar surface area (TPSA) is 76.5 Å². The molecule has 4 aromatic rings. The average molecular weight is 575 g/mol. The Bertz CT molecular complexity index is 1560. The standard InChI is InChI=1S/C31H28F2N4O3S/c32-21-13-14-24(25(33)16-21)30-28-29(20-8-3-1-4-9-20)35-37(22-10-5-2-6-11-22)31(28)36(27(39)19-41-30)18-26(38)34-17-23-12-7-15-40-23/h1-6,8-11,13-14,16,23,30H,7,12,15,17-19H2,(H,34,38)/t23-,30+/m0/s1. The van der Waals surface area contributed by atoms with E-state index >= 15 is 4.39 Å². The van der Waals surface area contributed by atoms with Crippen LogP contribution in [0.1, 0.15) is 29.2 Å². The highest BCUT2D eigenvalue weighted by Gasteiger charge is 2.38. The van der Waals surface area contributed by atoms with Gasteiger partial charge in [-0.3, -0.25) is 14.5 Å². The normalized spacial score (nSPS) is 18.7. The minimum absolute atomic E-state index is 0.0157. The van der Waals surface area contributed by atoms with Gasteiger partial charge in [0.05, 0.1) is 28.5 Å². The third kappa shape index (κ3) is 5.62. The molecule has 1 aromatic heterocycles. The van der Waals surface area contributed by atoms with Crippen molar-refractivity contribution in [1.82, 2.24) is 15.1 Å². The van der Waals surface area contributed by atoms with Gasteiger partial charge in [0.2, 0.25) is 11.8 Å². The van der Waals surface area contributed by atoms with Crippen LogP contribution in [0.3, 0.4) is 0 Å². The molecule has 0 saturated carbocycles. The number of thioether (sulfide) groups is 1. The predicted molar refractivity (Wildman–Crippen MR) is 154 cm³/mol. The quantitative estimate of drug-likeness (QED) is 0.325. The molecule has 3 heterocycles. The van der Waals surface area contributed by atoms with E-state index in [4.69, 9.17) is 9.84 Å². The Morgan fingerprint density at radius 1 is 1.05 bits per heavy atom. The number of amides is 2. The van der Waals surface area contributed by atoms with Crippen molar-refractivity contribution in [2.75, 3.05) is 30.3 Å². The van der Waals surface area contributed by atoms with Gasteiger partial charge in [-0.1, -0.05) is 54.6 Å². The first-order chi connectivity index (χ1) is 20.0. The number of hydrogen-bond acceptors (Lipinski definition) is 5. The van der Waals surface area contributed by atoms with Crippen LogP contribution in [0.2, 0.25) is 0 Å². The molecule has 2 amide bonds. The first-order valence-corrected chi connectivity index (χ1v) is 14.5. The van der Waals surface area contributed by atoms with Crippen LogP contribution in [0.15, 0.2) is 78.9 Å². The monoisotopic (exact) mass is 574 g/mol. The Balaban J connectivity index is 1.52. The van der Waals surface area contributed by atoms with Crippen molar-refractivity contribution in [2.45, 2.75) is 24.2 Å². The molecule has 2 aliphatic heterocycles. The Morgan fingerprint density at radius 3 is 2.51 bits per heavy atom. The number of ether oxygens (including phenoxy) is 1. The fraction of sp³-hybridized carbons (Fsp3) is 0.258. The van der Waals surface area contributed by atoms with E-state index in [1.165, 1.54) is 28.8 Å². The number of halogens is 2. The zero-order valence-corrected chi connectivity index (χ0v) is 22.9. The molecule has 2 atom stereocenters. The summed E-state index contributed by atoms with van der Waals surface area (Å²) < 4.78 is 36.5. The summed E-state index contributed by atoms with van der Waals surface area (Å²) in [6.45, 7) is 0.787. The van der Waals surface area contributed by atoms with Gasteiger partial charge in [0, 0.05) is 35.9 Å². The second-order valence-corrected chi connectivity index (χ2v) is 11.1. The Morgan fingerprint density at radius 2 is 1.80 bits per heavy atom. The number of benzene rings is 3. The number of rotatable bonds is 7. The van der Waals surface area contributed by atoms with Crippen molar-refractivity contribution in [2.24, 2.45) is 0 Å². The number of aromatic nitrogens is 2. The summed E-state index contributed by atoms with van der Waals surface area (Å²) >= 11 is 1.23. The SMILES string of the molecule is O=C(CN1C(=O)CS[C@H](c2ccc(F)cc2F)c2c(-c3ccccc3)nn(-c3ccccc3)c21)NC[C@@H]1CCCO1. The van der Waals surface area contributed by atoms with Crippen LogP contribution < -0.4 is 10.2 Å². The average Bonchev–Trinajstić information content (AvgIpc) is 3.62. The number of hydrogen-bond donors (Lipinski definition) is 1. The Labute approximate surface area is 240 Å². The van der Waals surface area contributed by atoms with E-state index in [1.54, 1.807) is 4.68 Å². The first kappa shape index (κ1) is 27.2. The first-order valence-electron chi connectivity index (χ1n) is 13.5. The van der Waals surface area contributed by atoms with Gasteiger partial charge in [0.15, 0.2) is 0 Å². The number of para-hydroxylation sites is 1. The Hall–Kier alpha value is -4.02. The van der Waals surface area contributed by atoms with E-state index in [0.29, 0.717) is 35.9 Å². The molecule has 0 aliphatic carbocycles. The summed E-state index contributed by atoms with van der Waals surface area (Å²) in [5, 5.41) is 7.17. The molecule has 0 spiro atoms. The molecule has 1 N–H and O–H groups in total. The van der Waals surface area contributed by atoms with Crippen molar-refractivity contribution in [3.63, 3.8) is 0 Å². The second-order valence-electron chi connectivity index (χ2n) is 9.98. The van der Waals surface area contributed by atoms with Crippen molar-refractivity contribution in [3.05, 3.63) is 102 Å². The Kier molecular flexibility index (Phi) is 7.84. The molecule has 3 aromatic carbocycles. The van der Waals surface area contributed by atoms with Gasteiger partial charge in [-0.2, -0.15) is 5.10 Å². The van der Waals surface area contributed by atoms with Crippen LogP contribution in [-0.4, -0.2) is 53.1 Å². The van der Waals surface area contributed by atoms with Crippen LogP contribution in [0, 0.1) is 11.6 Å². The lowest BCUT2D eigenvalue weighted by Gasteiger charge is -2.23. The summed E-state index contributed by atoms with van der Waals surface area (Å²) in [7, 11) is 0. The number of anilines is 1. The molecular weight excluding hydrogens is 546 g/mol. The minimum Gasteiger partial charge on any atom is -0.376 e. The van der Waals surface area contributed by atoms with E-state index in [9.17, 15) is 14.0 Å². The van der Waals surface area contributed by atoms with E-state index in [-0.39, 0.29) is 35.8 Å². The van der Waals surface area contributed by atoms with Crippen LogP contribution in [0.5, 0.6) is 0 Å². The highest BCUT2D eigenvalue weighted by Crippen LogP contribution is 2.49. The molecule has 2 aliphatic rings. The van der Waals surface area contributed by atoms with Crippen molar-refractivity contribution >= 4 is 29.4 Å². The fourth-order valence-corrected chi connectivity index (χ4v) is 6.49. The molecule has 10 heteroatoms. The summed E-state index contributed by atoms with van der Waals surface area (Å²) in [5.74, 6) is -1.68. The van der Waals surface area contributed by atoms with Crippen LogP contribution in [0.4, 0.5) is 14.6 Å². The van der Waals surface area contributed by atoms with Crippen LogP contribution in [-0.2, 0) is 14.3 Å². The number of carbonyl (C=O) groups is 2. The zero-order valence-electron chi connectivity index (χ0n) is 22.1. The van der Waals surface area contributed by atoms with Crippen LogP contribution in [0.25, 0.3) is 16.9 Å². The number of nitrogens with zero attached hydrogens (tertiary/aromatic N) is 3. The third-order valence-corrected chi connectivity index (χ3v) is 8.47. The van der Waals surface area contributed by atoms with Crippen molar-refractivity contribution < 1.29 is 23.1 Å². The van der Waals surface area contributed by atoms with E-state index in [2.05, 4.69) is 5.32 Å². The van der Waals surface area contributed by atoms with E-state index < -0.39 is 16.9 Å². The molecule has 41 heavy (non-hydrogen) atoms. The minimum atomic E-state index is -0.713. The lowest BCUT2D eigenvalue weighted by atomic mass is 9.99. The summed E-state index contributed by atoms with van der Waals surface area (Å²) in [6.07, 6.45) is 1.77. The fourth-order valence-electron chi connectivity index (χ4n) is 5.27. The molecule has 6 rings (SSSR count). The molecule has 1 saturated heterocycles. The smallest absolute Gasteiger partial charge is 0.240 e. The van der Waals surface area contributed by atoms with Crippen LogP contribution >= 0.6 is 11.8 Å². The lowest BCUT2D eigenvalue weighted by molar-refractivity contribution is -0.123. The maximum absolute atomic E-state index is 15.3. The van der Waals surface area contributed by atoms with E-state index in [1.807, 2.05) is 60.7 Å². The van der Waals surface area contributed by atoms with Crippen molar-refractivity contribution in [1.29, 1.82) is 0 Å². The maximum atomic E-state index is 15.3. The predicted octanol–water partition coefficient (Wildman–Crippen LogP) is 5.28. The largest absolute Gasteiger partial charge is 0.376 e. The van der Waals surface area contributed by atoms with Gasteiger partial charge < -0.3 is 10.1 Å². The summed E-state index contributed by atoms with van der Waals surface area (Å²) in [4.78, 5) is 28.4. The highest BCUT2D eigenvalue weighted by molar-refractivity contribution is 8.00. The lowest BCUT2D eigenvalue weighted by Crippen LogP contribution is -2.44. The van der Waals surface area contributed by atoms with Gasteiger partial charge in [-0.25, -0.2) is 13.5 Å². The van der Waals surface area contributed by atoms with Gasteiger partial charge >= 0.3 is 0 Å². The molecule has 0 radical (unpaired) electrons. The number of carbonyl (C=O) groups excluding carboxylic acids is 2. The molecule has 1 fully saturated rings. The third-order valence-electron chi connectivity index (χ3n) is 7.23.